The van der Waals surface area contributed by atoms with E-state index in [4.69, 9.17) is 9.47 Å². The molecule has 0 radical (unpaired) electrons. The highest BCUT2D eigenvalue weighted by Crippen LogP contribution is 2.27. The molecular formula is C18H26FN3O4. The van der Waals surface area contributed by atoms with E-state index in [0.29, 0.717) is 39.0 Å². The van der Waals surface area contributed by atoms with Gasteiger partial charge in [0.25, 0.3) is 5.91 Å². The molecule has 1 aliphatic rings. The first-order valence-electron chi connectivity index (χ1n) is 8.84. The van der Waals surface area contributed by atoms with Crippen LogP contribution >= 0.6 is 0 Å². The third kappa shape index (κ3) is 5.74. The zero-order valence-corrected chi connectivity index (χ0v) is 15.2. The van der Waals surface area contributed by atoms with Gasteiger partial charge in [0.1, 0.15) is 5.82 Å². The Labute approximate surface area is 152 Å². The molecule has 0 spiro atoms. The lowest BCUT2D eigenvalue weighted by atomic mass is 9.83. The van der Waals surface area contributed by atoms with Crippen molar-refractivity contribution in [3.63, 3.8) is 0 Å². The van der Waals surface area contributed by atoms with Crippen LogP contribution in [-0.4, -0.2) is 55.8 Å². The van der Waals surface area contributed by atoms with E-state index in [-0.39, 0.29) is 29.5 Å². The highest BCUT2D eigenvalue weighted by molar-refractivity contribution is 5.94. The largest absolute Gasteiger partial charge is 0.380 e. The van der Waals surface area contributed by atoms with Crippen LogP contribution in [-0.2, 0) is 14.3 Å². The summed E-state index contributed by atoms with van der Waals surface area (Å²) in [5, 5.41) is 5.71. The van der Waals surface area contributed by atoms with Crippen molar-refractivity contribution < 1.29 is 23.5 Å². The minimum Gasteiger partial charge on any atom is -0.380 e. The summed E-state index contributed by atoms with van der Waals surface area (Å²) in [5.41, 5.74) is 0.142. The number of nitrogens with one attached hydrogen (secondary N) is 2. The molecule has 2 rings (SSSR count). The molecule has 2 N–H and O–H groups in total. The maximum Gasteiger partial charge on any atom is 0.253 e. The fraction of sp³-hybridized carbons (Fsp3) is 0.611. The molecule has 0 saturated heterocycles. The number of aromatic nitrogens is 1. The number of amides is 2. The van der Waals surface area contributed by atoms with Crippen LogP contribution in [0.15, 0.2) is 18.5 Å². The van der Waals surface area contributed by atoms with E-state index in [1.54, 1.807) is 7.11 Å². The SMILES string of the molecule is CCOCCNC(=O)[C@H]1CC[C@@H](OC)[C@H](NC(=O)c2cncc(F)c2)C1. The molecular weight excluding hydrogens is 341 g/mol. The van der Waals surface area contributed by atoms with Gasteiger partial charge in [0.05, 0.1) is 30.5 Å². The van der Waals surface area contributed by atoms with Crippen LogP contribution in [0.25, 0.3) is 0 Å². The molecule has 1 aliphatic carbocycles. The summed E-state index contributed by atoms with van der Waals surface area (Å²) >= 11 is 0. The lowest BCUT2D eigenvalue weighted by Crippen LogP contribution is -2.50. The minimum atomic E-state index is -0.573. The van der Waals surface area contributed by atoms with Gasteiger partial charge in [0.15, 0.2) is 0 Å². The van der Waals surface area contributed by atoms with E-state index >= 15 is 0 Å². The molecule has 26 heavy (non-hydrogen) atoms. The maximum atomic E-state index is 13.3. The predicted octanol–water partition coefficient (Wildman–Crippen LogP) is 1.29. The number of pyridine rings is 1. The smallest absolute Gasteiger partial charge is 0.253 e. The number of methoxy groups -OCH3 is 1. The zero-order chi connectivity index (χ0) is 18.9. The molecule has 8 heteroatoms. The second-order valence-corrected chi connectivity index (χ2v) is 6.24. The molecule has 0 aromatic carbocycles. The minimum absolute atomic E-state index is 0.0501. The van der Waals surface area contributed by atoms with Crippen molar-refractivity contribution in [1.82, 2.24) is 15.6 Å². The van der Waals surface area contributed by atoms with E-state index < -0.39 is 11.7 Å². The number of hydrogen-bond acceptors (Lipinski definition) is 5. The fourth-order valence-corrected chi connectivity index (χ4v) is 3.14. The molecule has 1 saturated carbocycles. The molecule has 0 aliphatic heterocycles. The normalized spacial score (nSPS) is 22.7. The highest BCUT2D eigenvalue weighted by atomic mass is 19.1. The Balaban J connectivity index is 1.94. The molecule has 1 aromatic heterocycles. The summed E-state index contributed by atoms with van der Waals surface area (Å²) in [6, 6.07) is 0.803. The van der Waals surface area contributed by atoms with Gasteiger partial charge < -0.3 is 20.1 Å². The first kappa shape index (κ1) is 20.3. The van der Waals surface area contributed by atoms with Crippen LogP contribution in [0.5, 0.6) is 0 Å². The van der Waals surface area contributed by atoms with Gasteiger partial charge >= 0.3 is 0 Å². The number of nitrogens with zero attached hydrogens (tertiary/aromatic N) is 1. The van der Waals surface area contributed by atoms with Gasteiger partial charge in [-0.2, -0.15) is 0 Å². The van der Waals surface area contributed by atoms with E-state index in [2.05, 4.69) is 15.6 Å². The molecule has 0 bridgehead atoms. The monoisotopic (exact) mass is 367 g/mol. The van der Waals surface area contributed by atoms with E-state index in [1.807, 2.05) is 6.92 Å². The lowest BCUT2D eigenvalue weighted by Gasteiger charge is -2.35. The summed E-state index contributed by atoms with van der Waals surface area (Å²) in [5.74, 6) is -1.26. The third-order valence-electron chi connectivity index (χ3n) is 4.49. The van der Waals surface area contributed by atoms with Crippen molar-refractivity contribution in [1.29, 1.82) is 0 Å². The molecule has 2 amide bonds. The van der Waals surface area contributed by atoms with Crippen LogP contribution in [0, 0.1) is 11.7 Å². The first-order chi connectivity index (χ1) is 12.5. The van der Waals surface area contributed by atoms with Crippen molar-refractivity contribution >= 4 is 11.8 Å². The van der Waals surface area contributed by atoms with Gasteiger partial charge in [-0.3, -0.25) is 14.6 Å². The summed E-state index contributed by atoms with van der Waals surface area (Å²) < 4.78 is 23.9. The molecule has 1 aromatic rings. The van der Waals surface area contributed by atoms with Crippen LogP contribution in [0.3, 0.4) is 0 Å². The lowest BCUT2D eigenvalue weighted by molar-refractivity contribution is -0.127. The molecule has 7 nitrogen and oxygen atoms in total. The van der Waals surface area contributed by atoms with Crippen molar-refractivity contribution in [3.05, 3.63) is 29.8 Å². The summed E-state index contributed by atoms with van der Waals surface area (Å²) in [4.78, 5) is 28.4. The number of carbonyl (C=O) groups is 2. The number of ether oxygens (including phenoxy) is 2. The molecule has 1 fully saturated rings. The van der Waals surface area contributed by atoms with Gasteiger partial charge in [-0.25, -0.2) is 4.39 Å². The van der Waals surface area contributed by atoms with Crippen LogP contribution in [0.4, 0.5) is 4.39 Å². The summed E-state index contributed by atoms with van der Waals surface area (Å²) in [6.45, 7) is 3.44. The average molecular weight is 367 g/mol. The molecule has 1 heterocycles. The second kappa shape index (κ2) is 10.2. The Bertz CT molecular complexity index is 614. The molecule has 3 atom stereocenters. The standard InChI is InChI=1S/C18H26FN3O4/c1-3-26-7-6-21-17(23)12-4-5-16(25-2)15(9-12)22-18(24)13-8-14(19)11-20-10-13/h8,10-12,15-16H,3-7,9H2,1-2H3,(H,21,23)(H,22,24)/t12-,15+,16+/m0/s1. The van der Waals surface area contributed by atoms with Crippen molar-refractivity contribution in [3.8, 4) is 0 Å². The Morgan fingerprint density at radius 1 is 1.35 bits per heavy atom. The van der Waals surface area contributed by atoms with Crippen LogP contribution < -0.4 is 10.6 Å². The van der Waals surface area contributed by atoms with Gasteiger partial charge in [-0.15, -0.1) is 0 Å². The Kier molecular flexibility index (Phi) is 7.93. The quantitative estimate of drug-likeness (QED) is 0.676. The zero-order valence-electron chi connectivity index (χ0n) is 15.2. The van der Waals surface area contributed by atoms with Gasteiger partial charge in [-0.05, 0) is 32.3 Å². The number of halogens is 1. The number of carbonyl (C=O) groups excluding carboxylic acids is 2. The number of hydrogen-bond donors (Lipinski definition) is 2. The van der Waals surface area contributed by atoms with Crippen molar-refractivity contribution in [2.24, 2.45) is 5.92 Å². The molecule has 144 valence electrons. The fourth-order valence-electron chi connectivity index (χ4n) is 3.14. The Morgan fingerprint density at radius 2 is 2.15 bits per heavy atom. The van der Waals surface area contributed by atoms with Crippen molar-refractivity contribution in [2.75, 3.05) is 26.9 Å². The third-order valence-corrected chi connectivity index (χ3v) is 4.49. The van der Waals surface area contributed by atoms with Gasteiger partial charge in [0.2, 0.25) is 5.91 Å². The maximum absolute atomic E-state index is 13.3. The van der Waals surface area contributed by atoms with Crippen LogP contribution in [0.1, 0.15) is 36.5 Å². The second-order valence-electron chi connectivity index (χ2n) is 6.24. The average Bonchev–Trinajstić information content (AvgIpc) is 2.65. The highest BCUT2D eigenvalue weighted by Gasteiger charge is 2.35. The topological polar surface area (TPSA) is 89.5 Å². The molecule has 0 unspecified atom stereocenters. The van der Waals surface area contributed by atoms with Gasteiger partial charge in [-0.1, -0.05) is 0 Å². The van der Waals surface area contributed by atoms with Crippen molar-refractivity contribution in [2.45, 2.75) is 38.3 Å². The van der Waals surface area contributed by atoms with E-state index in [0.717, 1.165) is 12.3 Å². The Hall–Kier alpha value is -2.06. The van der Waals surface area contributed by atoms with E-state index in [1.165, 1.54) is 6.20 Å². The predicted molar refractivity (Wildman–Crippen MR) is 93.1 cm³/mol. The Morgan fingerprint density at radius 3 is 2.85 bits per heavy atom. The summed E-state index contributed by atoms with van der Waals surface area (Å²) in [7, 11) is 1.58. The number of rotatable bonds is 8. The first-order valence-corrected chi connectivity index (χ1v) is 8.84. The van der Waals surface area contributed by atoms with E-state index in [9.17, 15) is 14.0 Å². The van der Waals surface area contributed by atoms with Gasteiger partial charge in [0, 0.05) is 32.4 Å². The van der Waals surface area contributed by atoms with Crippen LogP contribution in [0.2, 0.25) is 0 Å². The summed E-state index contributed by atoms with van der Waals surface area (Å²) in [6.07, 6.45) is 3.97.